The minimum atomic E-state index is -3.70. The van der Waals surface area contributed by atoms with Gasteiger partial charge in [0.2, 0.25) is 10.0 Å². The van der Waals surface area contributed by atoms with Gasteiger partial charge in [0.15, 0.2) is 6.61 Å². The lowest BCUT2D eigenvalue weighted by molar-refractivity contribution is -0.121. The number of nitrogens with zero attached hydrogens (tertiary/aromatic N) is 2. The molecule has 35 heavy (non-hydrogen) atoms. The van der Waals surface area contributed by atoms with Crippen LogP contribution in [0, 0.1) is 0 Å². The number of nitrogens with one attached hydrogen (secondary N) is 2. The van der Waals surface area contributed by atoms with Crippen LogP contribution in [0.3, 0.4) is 0 Å². The van der Waals surface area contributed by atoms with Crippen LogP contribution in [0.25, 0.3) is 0 Å². The molecular weight excluding hydrogens is 468 g/mol. The SMILES string of the molecule is C[C@H](C(=O)N/N=C\c1ccc(OCC(=O)Nc2ccccc2)cc1)N(c1ccccc1)S(C)(=O)=O. The highest BCUT2D eigenvalue weighted by molar-refractivity contribution is 7.92. The molecule has 0 aromatic heterocycles. The van der Waals surface area contributed by atoms with Crippen molar-refractivity contribution in [2.75, 3.05) is 22.5 Å². The third-order valence-corrected chi connectivity index (χ3v) is 6.04. The molecule has 0 heterocycles. The van der Waals surface area contributed by atoms with Gasteiger partial charge in [-0.3, -0.25) is 13.9 Å². The van der Waals surface area contributed by atoms with E-state index in [0.29, 0.717) is 22.7 Å². The summed E-state index contributed by atoms with van der Waals surface area (Å²) in [5, 5.41) is 6.65. The number of benzene rings is 3. The van der Waals surface area contributed by atoms with Crippen LogP contribution in [0.4, 0.5) is 11.4 Å². The molecule has 0 aliphatic heterocycles. The first-order valence-electron chi connectivity index (χ1n) is 10.7. The highest BCUT2D eigenvalue weighted by Gasteiger charge is 2.28. The van der Waals surface area contributed by atoms with E-state index in [1.165, 1.54) is 13.1 Å². The summed E-state index contributed by atoms with van der Waals surface area (Å²) in [4.78, 5) is 24.5. The first-order chi connectivity index (χ1) is 16.7. The standard InChI is InChI=1S/C25H26N4O5S/c1-19(29(35(2,32)33)22-11-7-4-8-12-22)25(31)28-26-17-20-13-15-23(16-14-20)34-18-24(30)27-21-9-5-3-6-10-21/h3-17,19H,18H2,1-2H3,(H,27,30)(H,28,31)/b26-17-/t19-/m1/s1. The van der Waals surface area contributed by atoms with Gasteiger partial charge in [0.25, 0.3) is 11.8 Å². The molecule has 3 aromatic carbocycles. The average molecular weight is 495 g/mol. The van der Waals surface area contributed by atoms with E-state index in [0.717, 1.165) is 10.6 Å². The van der Waals surface area contributed by atoms with E-state index < -0.39 is 22.0 Å². The smallest absolute Gasteiger partial charge is 0.263 e. The van der Waals surface area contributed by atoms with Crippen molar-refractivity contribution in [3.63, 3.8) is 0 Å². The van der Waals surface area contributed by atoms with Gasteiger partial charge in [-0.25, -0.2) is 13.8 Å². The highest BCUT2D eigenvalue weighted by atomic mass is 32.2. The van der Waals surface area contributed by atoms with Crippen LogP contribution in [-0.2, 0) is 19.6 Å². The molecule has 0 saturated carbocycles. The third-order valence-electron chi connectivity index (χ3n) is 4.80. The summed E-state index contributed by atoms with van der Waals surface area (Å²) >= 11 is 0. The molecule has 1 atom stereocenters. The Balaban J connectivity index is 1.52. The minimum Gasteiger partial charge on any atom is -0.484 e. The maximum atomic E-state index is 12.5. The summed E-state index contributed by atoms with van der Waals surface area (Å²) in [5.41, 5.74) is 4.11. The first-order valence-corrected chi connectivity index (χ1v) is 12.5. The largest absolute Gasteiger partial charge is 0.484 e. The van der Waals surface area contributed by atoms with E-state index in [9.17, 15) is 18.0 Å². The van der Waals surface area contributed by atoms with Crippen molar-refractivity contribution in [2.24, 2.45) is 5.10 Å². The molecule has 0 spiro atoms. The molecule has 0 saturated heterocycles. The molecular formula is C25H26N4O5S. The van der Waals surface area contributed by atoms with Crippen molar-refractivity contribution in [3.8, 4) is 5.75 Å². The molecule has 10 heteroatoms. The number of ether oxygens (including phenoxy) is 1. The monoisotopic (exact) mass is 494 g/mol. The zero-order valence-electron chi connectivity index (χ0n) is 19.3. The molecule has 3 rings (SSSR count). The number of anilines is 2. The molecule has 0 unspecified atom stereocenters. The summed E-state index contributed by atoms with van der Waals surface area (Å²) in [6.45, 7) is 1.34. The predicted octanol–water partition coefficient (Wildman–Crippen LogP) is 3.01. The van der Waals surface area contributed by atoms with Crippen molar-refractivity contribution in [1.82, 2.24) is 5.43 Å². The van der Waals surface area contributed by atoms with Gasteiger partial charge in [0.05, 0.1) is 18.2 Å². The fourth-order valence-corrected chi connectivity index (χ4v) is 4.34. The molecule has 0 bridgehead atoms. The Morgan fingerprint density at radius 3 is 2.17 bits per heavy atom. The van der Waals surface area contributed by atoms with Gasteiger partial charge < -0.3 is 10.1 Å². The van der Waals surface area contributed by atoms with E-state index >= 15 is 0 Å². The van der Waals surface area contributed by atoms with Crippen LogP contribution in [-0.4, -0.2) is 45.4 Å². The number of amides is 2. The number of hydrogen-bond donors (Lipinski definition) is 2. The number of para-hydroxylation sites is 2. The Morgan fingerprint density at radius 2 is 1.57 bits per heavy atom. The second kappa shape index (κ2) is 11.8. The number of rotatable bonds is 10. The van der Waals surface area contributed by atoms with Crippen molar-refractivity contribution in [2.45, 2.75) is 13.0 Å². The van der Waals surface area contributed by atoms with Crippen LogP contribution in [0.5, 0.6) is 5.75 Å². The van der Waals surface area contributed by atoms with Crippen LogP contribution in [0.1, 0.15) is 12.5 Å². The Kier molecular flexibility index (Phi) is 8.58. The maximum Gasteiger partial charge on any atom is 0.263 e. The Labute approximate surface area is 204 Å². The second-order valence-electron chi connectivity index (χ2n) is 7.58. The van der Waals surface area contributed by atoms with Gasteiger partial charge in [-0.05, 0) is 61.0 Å². The van der Waals surface area contributed by atoms with Crippen LogP contribution < -0.4 is 19.8 Å². The molecule has 3 aromatic rings. The van der Waals surface area contributed by atoms with E-state index in [-0.39, 0.29) is 12.5 Å². The van der Waals surface area contributed by atoms with Crippen LogP contribution >= 0.6 is 0 Å². The molecule has 0 radical (unpaired) electrons. The lowest BCUT2D eigenvalue weighted by Crippen LogP contribution is -2.46. The van der Waals surface area contributed by atoms with Gasteiger partial charge in [-0.15, -0.1) is 0 Å². The molecule has 9 nitrogen and oxygen atoms in total. The number of carbonyl (C=O) groups is 2. The van der Waals surface area contributed by atoms with E-state index in [1.54, 1.807) is 66.7 Å². The van der Waals surface area contributed by atoms with Crippen molar-refractivity contribution in [3.05, 3.63) is 90.5 Å². The molecule has 0 aliphatic rings. The van der Waals surface area contributed by atoms with Gasteiger partial charge in [0.1, 0.15) is 11.8 Å². The third kappa shape index (κ3) is 7.68. The van der Waals surface area contributed by atoms with Gasteiger partial charge in [-0.1, -0.05) is 36.4 Å². The van der Waals surface area contributed by atoms with Crippen molar-refractivity contribution < 1.29 is 22.7 Å². The highest BCUT2D eigenvalue weighted by Crippen LogP contribution is 2.20. The van der Waals surface area contributed by atoms with E-state index in [4.69, 9.17) is 4.74 Å². The molecule has 0 fully saturated rings. The lowest BCUT2D eigenvalue weighted by atomic mass is 10.2. The predicted molar refractivity (Wildman–Crippen MR) is 136 cm³/mol. The number of carbonyl (C=O) groups excluding carboxylic acids is 2. The topological polar surface area (TPSA) is 117 Å². The number of sulfonamides is 1. The fourth-order valence-electron chi connectivity index (χ4n) is 3.17. The average Bonchev–Trinajstić information content (AvgIpc) is 2.84. The van der Waals surface area contributed by atoms with Gasteiger partial charge in [0, 0.05) is 5.69 Å². The summed E-state index contributed by atoms with van der Waals surface area (Å²) in [7, 11) is -3.70. The summed E-state index contributed by atoms with van der Waals surface area (Å²) in [6, 6.07) is 23.2. The second-order valence-corrected chi connectivity index (χ2v) is 9.44. The fraction of sp³-hybridized carbons (Fsp3) is 0.160. The Hall–Kier alpha value is -4.18. The molecule has 2 amide bonds. The van der Waals surface area contributed by atoms with Crippen molar-refractivity contribution >= 4 is 39.4 Å². The Bertz CT molecular complexity index is 1260. The zero-order chi connectivity index (χ0) is 25.3. The lowest BCUT2D eigenvalue weighted by Gasteiger charge is -2.27. The summed E-state index contributed by atoms with van der Waals surface area (Å²) in [5.74, 6) is -0.369. The minimum absolute atomic E-state index is 0.144. The molecule has 2 N–H and O–H groups in total. The van der Waals surface area contributed by atoms with E-state index in [2.05, 4.69) is 15.8 Å². The first kappa shape index (κ1) is 25.4. The van der Waals surface area contributed by atoms with Crippen molar-refractivity contribution in [1.29, 1.82) is 0 Å². The summed E-state index contributed by atoms with van der Waals surface area (Å²) < 4.78 is 31.0. The number of hydrazone groups is 1. The Morgan fingerprint density at radius 1 is 0.971 bits per heavy atom. The van der Waals surface area contributed by atoms with Crippen LogP contribution in [0.15, 0.2) is 90.0 Å². The molecule has 0 aliphatic carbocycles. The van der Waals surface area contributed by atoms with E-state index in [1.807, 2.05) is 18.2 Å². The molecule has 182 valence electrons. The van der Waals surface area contributed by atoms with Crippen LogP contribution in [0.2, 0.25) is 0 Å². The zero-order valence-corrected chi connectivity index (χ0v) is 20.1. The number of hydrogen-bond acceptors (Lipinski definition) is 6. The summed E-state index contributed by atoms with van der Waals surface area (Å²) in [6.07, 6.45) is 2.46. The quantitative estimate of drug-likeness (QED) is 0.332. The maximum absolute atomic E-state index is 12.5. The van der Waals surface area contributed by atoms with Gasteiger partial charge >= 0.3 is 0 Å². The van der Waals surface area contributed by atoms with Gasteiger partial charge in [-0.2, -0.15) is 5.10 Å². The normalized spacial score (nSPS) is 12.1.